The molecule has 0 aliphatic carbocycles. The molecule has 17 heavy (non-hydrogen) atoms. The summed E-state index contributed by atoms with van der Waals surface area (Å²) in [6.07, 6.45) is -4.49. The van der Waals surface area contributed by atoms with E-state index in [4.69, 9.17) is 17.3 Å². The largest absolute Gasteiger partial charge is 0.417 e. The monoisotopic (exact) mass is 260 g/mol. The molecule has 2 nitrogen and oxygen atoms in total. The average Bonchev–Trinajstić information content (AvgIpc) is 2.16. The summed E-state index contributed by atoms with van der Waals surface area (Å²) in [7, 11) is 0. The molecule has 0 aliphatic rings. The van der Waals surface area contributed by atoms with Crippen LogP contribution in [0.15, 0.2) is 18.2 Å². The van der Waals surface area contributed by atoms with Gasteiger partial charge in [0, 0.05) is 16.8 Å². The van der Waals surface area contributed by atoms with Crippen LogP contribution in [0, 0.1) is 6.92 Å². The van der Waals surface area contributed by atoms with E-state index in [-0.39, 0.29) is 10.5 Å². The van der Waals surface area contributed by atoms with E-state index in [9.17, 15) is 13.2 Å². The molecule has 0 saturated heterocycles. The van der Waals surface area contributed by atoms with E-state index in [1.807, 2.05) is 0 Å². The molecule has 1 aromatic carbocycles. The Morgan fingerprint density at radius 3 is 2.47 bits per heavy atom. The van der Waals surface area contributed by atoms with Crippen LogP contribution in [-0.2, 0) is 6.18 Å². The Morgan fingerprint density at radius 2 is 1.88 bits per heavy atom. The number of aromatic nitrogens is 1. The fraction of sp³-hybridized carbons (Fsp3) is 0.182. The van der Waals surface area contributed by atoms with E-state index < -0.39 is 11.7 Å². The second-order valence-corrected chi connectivity index (χ2v) is 4.11. The lowest BCUT2D eigenvalue weighted by atomic mass is 10.1. The molecule has 2 aromatic rings. The normalized spacial score (nSPS) is 12.1. The van der Waals surface area contributed by atoms with Crippen LogP contribution in [-0.4, -0.2) is 4.98 Å². The number of hydrogen-bond acceptors (Lipinski definition) is 2. The molecule has 0 saturated carbocycles. The Morgan fingerprint density at radius 1 is 1.24 bits per heavy atom. The van der Waals surface area contributed by atoms with Crippen LogP contribution in [0.1, 0.15) is 11.3 Å². The van der Waals surface area contributed by atoms with Gasteiger partial charge in [-0.25, -0.2) is 0 Å². The van der Waals surface area contributed by atoms with Gasteiger partial charge >= 0.3 is 6.18 Å². The van der Waals surface area contributed by atoms with Crippen LogP contribution in [0.25, 0.3) is 10.9 Å². The van der Waals surface area contributed by atoms with E-state index in [0.717, 1.165) is 6.07 Å². The first kappa shape index (κ1) is 12.0. The summed E-state index contributed by atoms with van der Waals surface area (Å²) >= 11 is 5.60. The summed E-state index contributed by atoms with van der Waals surface area (Å²) in [4.78, 5) is 4.01. The lowest BCUT2D eigenvalue weighted by Crippen LogP contribution is -2.06. The number of pyridine rings is 1. The van der Waals surface area contributed by atoms with Crippen molar-refractivity contribution < 1.29 is 13.2 Å². The summed E-state index contributed by atoms with van der Waals surface area (Å²) in [5.74, 6) is 0. The molecule has 2 N–H and O–H groups in total. The van der Waals surface area contributed by atoms with Crippen molar-refractivity contribution in [2.75, 3.05) is 5.73 Å². The van der Waals surface area contributed by atoms with Crippen LogP contribution in [0.2, 0.25) is 5.02 Å². The van der Waals surface area contributed by atoms with Gasteiger partial charge in [0.2, 0.25) is 0 Å². The van der Waals surface area contributed by atoms with Crippen molar-refractivity contribution >= 4 is 28.2 Å². The third-order valence-corrected chi connectivity index (χ3v) is 2.68. The van der Waals surface area contributed by atoms with Crippen molar-refractivity contribution in [1.82, 2.24) is 4.98 Å². The zero-order valence-electron chi connectivity index (χ0n) is 8.77. The molecular weight excluding hydrogens is 253 g/mol. The predicted octanol–water partition coefficient (Wildman–Crippen LogP) is 3.80. The predicted molar refractivity (Wildman–Crippen MR) is 60.9 cm³/mol. The summed E-state index contributed by atoms with van der Waals surface area (Å²) in [6, 6.07) is 3.70. The number of nitrogen functional groups attached to an aromatic ring is 1. The molecule has 90 valence electrons. The number of benzene rings is 1. The van der Waals surface area contributed by atoms with Crippen LogP contribution in [0.4, 0.5) is 18.9 Å². The maximum absolute atomic E-state index is 12.6. The van der Waals surface area contributed by atoms with E-state index in [1.54, 1.807) is 13.0 Å². The van der Waals surface area contributed by atoms with Crippen molar-refractivity contribution in [3.05, 3.63) is 34.5 Å². The van der Waals surface area contributed by atoms with Crippen LogP contribution < -0.4 is 5.73 Å². The fourth-order valence-corrected chi connectivity index (χ4v) is 1.90. The molecule has 0 bridgehead atoms. The molecule has 6 heteroatoms. The third kappa shape index (κ3) is 2.15. The average molecular weight is 261 g/mol. The van der Waals surface area contributed by atoms with Crippen LogP contribution in [0.3, 0.4) is 0 Å². The molecular formula is C11H8ClF3N2. The number of fused-ring (bicyclic) bond motifs is 1. The minimum Gasteiger partial charge on any atom is -0.398 e. The Labute approximate surface area is 100 Å². The molecule has 0 unspecified atom stereocenters. The second kappa shape index (κ2) is 3.77. The zero-order valence-corrected chi connectivity index (χ0v) is 9.52. The smallest absolute Gasteiger partial charge is 0.398 e. The number of alkyl halides is 3. The second-order valence-electron chi connectivity index (χ2n) is 3.70. The highest BCUT2D eigenvalue weighted by Crippen LogP contribution is 2.37. The Bertz CT molecular complexity index is 593. The summed E-state index contributed by atoms with van der Waals surface area (Å²) in [5, 5.41) is 0.0518. The first-order valence-electron chi connectivity index (χ1n) is 4.72. The van der Waals surface area contributed by atoms with Crippen molar-refractivity contribution in [2.45, 2.75) is 13.1 Å². The summed E-state index contributed by atoms with van der Waals surface area (Å²) in [6.45, 7) is 1.66. The number of anilines is 1. The van der Waals surface area contributed by atoms with E-state index in [0.29, 0.717) is 16.8 Å². The van der Waals surface area contributed by atoms with E-state index >= 15 is 0 Å². The van der Waals surface area contributed by atoms with Crippen molar-refractivity contribution in [1.29, 1.82) is 0 Å². The fourth-order valence-electron chi connectivity index (χ4n) is 1.63. The first-order chi connectivity index (χ1) is 7.79. The highest BCUT2D eigenvalue weighted by Gasteiger charge is 2.33. The topological polar surface area (TPSA) is 38.9 Å². The summed E-state index contributed by atoms with van der Waals surface area (Å²) in [5.41, 5.74) is 5.92. The highest BCUT2D eigenvalue weighted by molar-refractivity contribution is 6.32. The number of aryl methyl sites for hydroxylation is 1. The van der Waals surface area contributed by atoms with Gasteiger partial charge in [-0.3, -0.25) is 4.98 Å². The maximum atomic E-state index is 12.6. The molecule has 0 fully saturated rings. The van der Waals surface area contributed by atoms with E-state index in [1.165, 1.54) is 6.07 Å². The molecule has 2 rings (SSSR count). The zero-order chi connectivity index (χ0) is 12.8. The van der Waals surface area contributed by atoms with Crippen LogP contribution in [0.5, 0.6) is 0 Å². The van der Waals surface area contributed by atoms with E-state index in [2.05, 4.69) is 4.98 Å². The number of nitrogens with zero attached hydrogens (tertiary/aromatic N) is 1. The Kier molecular flexibility index (Phi) is 2.66. The number of halogens is 4. The molecule has 1 heterocycles. The molecule has 0 amide bonds. The van der Waals surface area contributed by atoms with Gasteiger partial charge in [0.1, 0.15) is 0 Å². The van der Waals surface area contributed by atoms with Gasteiger partial charge in [-0.1, -0.05) is 11.6 Å². The number of hydrogen-bond donors (Lipinski definition) is 1. The Balaban J connectivity index is 2.81. The third-order valence-electron chi connectivity index (χ3n) is 2.36. The molecule has 1 aromatic heterocycles. The van der Waals surface area contributed by atoms with Crippen molar-refractivity contribution in [3.63, 3.8) is 0 Å². The summed E-state index contributed by atoms with van der Waals surface area (Å²) < 4.78 is 37.9. The lowest BCUT2D eigenvalue weighted by molar-refractivity contribution is -0.137. The van der Waals surface area contributed by atoms with Gasteiger partial charge in [-0.2, -0.15) is 13.2 Å². The molecule has 0 radical (unpaired) electrons. The quantitative estimate of drug-likeness (QED) is 0.782. The molecule has 0 spiro atoms. The minimum atomic E-state index is -4.49. The Hall–Kier alpha value is -1.49. The van der Waals surface area contributed by atoms with Gasteiger partial charge in [0.05, 0.1) is 16.1 Å². The minimum absolute atomic E-state index is 0.194. The van der Waals surface area contributed by atoms with Gasteiger partial charge < -0.3 is 5.73 Å². The van der Waals surface area contributed by atoms with Crippen molar-refractivity contribution in [2.24, 2.45) is 0 Å². The van der Waals surface area contributed by atoms with Gasteiger partial charge in [0.25, 0.3) is 0 Å². The molecule has 0 aliphatic heterocycles. The van der Waals surface area contributed by atoms with Gasteiger partial charge in [0.15, 0.2) is 0 Å². The van der Waals surface area contributed by atoms with Gasteiger partial charge in [-0.05, 0) is 25.1 Å². The SMILES string of the molecule is Cc1cc(N)c2cc(Cl)c(C(F)(F)F)cc2n1. The highest BCUT2D eigenvalue weighted by atomic mass is 35.5. The number of nitrogens with two attached hydrogens (primary N) is 1. The van der Waals surface area contributed by atoms with Crippen molar-refractivity contribution in [3.8, 4) is 0 Å². The lowest BCUT2D eigenvalue weighted by Gasteiger charge is -2.11. The molecule has 0 atom stereocenters. The van der Waals surface area contributed by atoms with Gasteiger partial charge in [-0.15, -0.1) is 0 Å². The standard InChI is InChI=1S/C11H8ClF3N2/c1-5-2-9(16)6-3-8(12)7(11(13,14)15)4-10(6)17-5/h2-4H,1H3,(H2,16,17). The first-order valence-corrected chi connectivity index (χ1v) is 5.10. The number of rotatable bonds is 0. The maximum Gasteiger partial charge on any atom is 0.417 e. The van der Waals surface area contributed by atoms with Crippen LogP contribution >= 0.6 is 11.6 Å².